The second-order valence-electron chi connectivity index (χ2n) is 3.48. The van der Waals surface area contributed by atoms with E-state index in [9.17, 15) is 9.59 Å². The molecule has 7 heteroatoms. The van der Waals surface area contributed by atoms with Crippen molar-refractivity contribution in [1.82, 2.24) is 9.97 Å². The van der Waals surface area contributed by atoms with E-state index in [0.29, 0.717) is 5.13 Å². The third kappa shape index (κ3) is 2.69. The molecular weight excluding hydrogens is 254 g/mol. The SMILES string of the molecule is Cc1csc(NC(=O)c2ccnc(C(=O)O)c2)n1. The highest BCUT2D eigenvalue weighted by molar-refractivity contribution is 7.13. The molecular formula is C11H9N3O3S. The molecule has 2 N–H and O–H groups in total. The third-order valence-electron chi connectivity index (χ3n) is 2.08. The fourth-order valence-electron chi connectivity index (χ4n) is 1.27. The number of aryl methyl sites for hydroxylation is 1. The number of amides is 1. The number of nitrogens with zero attached hydrogens (tertiary/aromatic N) is 2. The van der Waals surface area contributed by atoms with Gasteiger partial charge in [0.2, 0.25) is 0 Å². The van der Waals surface area contributed by atoms with Crippen LogP contribution in [0.4, 0.5) is 5.13 Å². The number of nitrogens with one attached hydrogen (secondary N) is 1. The average Bonchev–Trinajstić information content (AvgIpc) is 2.75. The van der Waals surface area contributed by atoms with Gasteiger partial charge < -0.3 is 5.11 Å². The summed E-state index contributed by atoms with van der Waals surface area (Å²) in [6, 6.07) is 2.67. The average molecular weight is 263 g/mol. The van der Waals surface area contributed by atoms with E-state index in [2.05, 4.69) is 15.3 Å². The topological polar surface area (TPSA) is 92.2 Å². The minimum Gasteiger partial charge on any atom is -0.477 e. The van der Waals surface area contributed by atoms with Gasteiger partial charge in [0.1, 0.15) is 5.69 Å². The predicted molar refractivity (Wildman–Crippen MR) is 66.0 cm³/mol. The van der Waals surface area contributed by atoms with Crippen molar-refractivity contribution in [2.75, 3.05) is 5.32 Å². The van der Waals surface area contributed by atoms with Crippen LogP contribution >= 0.6 is 11.3 Å². The molecule has 0 spiro atoms. The van der Waals surface area contributed by atoms with E-state index in [1.165, 1.54) is 29.7 Å². The maximum Gasteiger partial charge on any atom is 0.354 e. The van der Waals surface area contributed by atoms with Gasteiger partial charge in [0, 0.05) is 17.1 Å². The van der Waals surface area contributed by atoms with Crippen molar-refractivity contribution in [3.05, 3.63) is 40.7 Å². The van der Waals surface area contributed by atoms with Gasteiger partial charge in [0.05, 0.1) is 5.69 Å². The quantitative estimate of drug-likeness (QED) is 0.880. The number of hydrogen-bond acceptors (Lipinski definition) is 5. The Hall–Kier alpha value is -2.28. The summed E-state index contributed by atoms with van der Waals surface area (Å²) in [5, 5.41) is 13.7. The van der Waals surface area contributed by atoms with Gasteiger partial charge in [-0.3, -0.25) is 10.1 Å². The van der Waals surface area contributed by atoms with Gasteiger partial charge in [0.25, 0.3) is 5.91 Å². The highest BCUT2D eigenvalue weighted by Crippen LogP contribution is 2.15. The van der Waals surface area contributed by atoms with Crippen LogP contribution in [-0.4, -0.2) is 27.0 Å². The lowest BCUT2D eigenvalue weighted by molar-refractivity contribution is 0.0690. The lowest BCUT2D eigenvalue weighted by Crippen LogP contribution is -2.13. The molecule has 0 aliphatic carbocycles. The molecule has 0 fully saturated rings. The number of rotatable bonds is 3. The van der Waals surface area contributed by atoms with Crippen LogP contribution in [0, 0.1) is 6.92 Å². The highest BCUT2D eigenvalue weighted by Gasteiger charge is 2.11. The Morgan fingerprint density at radius 1 is 1.44 bits per heavy atom. The zero-order valence-corrected chi connectivity index (χ0v) is 10.2. The number of pyridine rings is 1. The van der Waals surface area contributed by atoms with E-state index < -0.39 is 11.9 Å². The molecule has 0 aliphatic rings. The molecule has 0 unspecified atom stereocenters. The number of carboxylic acids is 1. The molecule has 0 atom stereocenters. The zero-order valence-electron chi connectivity index (χ0n) is 9.38. The largest absolute Gasteiger partial charge is 0.477 e. The summed E-state index contributed by atoms with van der Waals surface area (Å²) < 4.78 is 0. The number of aromatic nitrogens is 2. The normalized spacial score (nSPS) is 10.1. The minimum absolute atomic E-state index is 0.169. The number of aromatic carboxylic acids is 1. The molecule has 2 aromatic heterocycles. The van der Waals surface area contributed by atoms with Crippen LogP contribution in [0.25, 0.3) is 0 Å². The van der Waals surface area contributed by atoms with E-state index in [1.807, 2.05) is 12.3 Å². The molecule has 0 aromatic carbocycles. The van der Waals surface area contributed by atoms with Crippen molar-refractivity contribution >= 4 is 28.3 Å². The smallest absolute Gasteiger partial charge is 0.354 e. The maximum absolute atomic E-state index is 11.8. The molecule has 92 valence electrons. The van der Waals surface area contributed by atoms with Crippen LogP contribution in [0.2, 0.25) is 0 Å². The fraction of sp³-hybridized carbons (Fsp3) is 0.0909. The number of thiazole rings is 1. The van der Waals surface area contributed by atoms with Gasteiger partial charge >= 0.3 is 5.97 Å². The van der Waals surface area contributed by atoms with Gasteiger partial charge in [-0.25, -0.2) is 14.8 Å². The van der Waals surface area contributed by atoms with Gasteiger partial charge in [-0.2, -0.15) is 0 Å². The Balaban J connectivity index is 2.18. The Morgan fingerprint density at radius 3 is 2.83 bits per heavy atom. The summed E-state index contributed by atoms with van der Waals surface area (Å²) >= 11 is 1.31. The summed E-state index contributed by atoms with van der Waals surface area (Å²) in [6.45, 7) is 1.82. The molecule has 0 aliphatic heterocycles. The second-order valence-corrected chi connectivity index (χ2v) is 4.34. The standard InChI is InChI=1S/C11H9N3O3S/c1-6-5-18-11(13-6)14-9(15)7-2-3-12-8(4-7)10(16)17/h2-5H,1H3,(H,16,17)(H,13,14,15). The first kappa shape index (κ1) is 12.2. The van der Waals surface area contributed by atoms with Crippen molar-refractivity contribution < 1.29 is 14.7 Å². The Morgan fingerprint density at radius 2 is 2.22 bits per heavy atom. The fourth-order valence-corrected chi connectivity index (χ4v) is 1.95. The van der Waals surface area contributed by atoms with Crippen LogP contribution in [0.3, 0.4) is 0 Å². The third-order valence-corrected chi connectivity index (χ3v) is 2.96. The van der Waals surface area contributed by atoms with Crippen molar-refractivity contribution in [3.8, 4) is 0 Å². The Labute approximate surface area is 106 Å². The van der Waals surface area contributed by atoms with E-state index in [-0.39, 0.29) is 11.3 Å². The first-order valence-corrected chi connectivity index (χ1v) is 5.87. The summed E-state index contributed by atoms with van der Waals surface area (Å²) in [5.41, 5.74) is 0.879. The van der Waals surface area contributed by atoms with Gasteiger partial charge in [-0.15, -0.1) is 11.3 Å². The zero-order chi connectivity index (χ0) is 13.1. The van der Waals surface area contributed by atoms with Crippen molar-refractivity contribution in [2.24, 2.45) is 0 Å². The number of carbonyl (C=O) groups is 2. The molecule has 0 radical (unpaired) electrons. The summed E-state index contributed by atoms with van der Waals surface area (Å²) in [6.07, 6.45) is 1.28. The molecule has 2 rings (SSSR count). The van der Waals surface area contributed by atoms with Crippen LogP contribution in [0.5, 0.6) is 0 Å². The number of hydrogen-bond donors (Lipinski definition) is 2. The lowest BCUT2D eigenvalue weighted by Gasteiger charge is -2.02. The molecule has 1 amide bonds. The Kier molecular flexibility index (Phi) is 3.33. The molecule has 0 saturated heterocycles. The van der Waals surface area contributed by atoms with Crippen LogP contribution in [-0.2, 0) is 0 Å². The second kappa shape index (κ2) is 4.92. The molecule has 0 saturated carbocycles. The monoisotopic (exact) mass is 263 g/mol. The molecule has 6 nitrogen and oxygen atoms in total. The van der Waals surface area contributed by atoms with Crippen LogP contribution in [0.15, 0.2) is 23.7 Å². The molecule has 0 bridgehead atoms. The molecule has 2 aromatic rings. The van der Waals surface area contributed by atoms with Crippen LogP contribution in [0.1, 0.15) is 26.5 Å². The maximum atomic E-state index is 11.8. The molecule has 18 heavy (non-hydrogen) atoms. The predicted octanol–water partition coefficient (Wildman–Crippen LogP) is 1.80. The van der Waals surface area contributed by atoms with Crippen LogP contribution < -0.4 is 5.32 Å². The summed E-state index contributed by atoms with van der Waals surface area (Å²) in [5.74, 6) is -1.58. The van der Waals surface area contributed by atoms with Gasteiger partial charge in [-0.05, 0) is 19.1 Å². The van der Waals surface area contributed by atoms with Crippen molar-refractivity contribution in [1.29, 1.82) is 0 Å². The summed E-state index contributed by atoms with van der Waals surface area (Å²) in [7, 11) is 0. The number of anilines is 1. The van der Waals surface area contributed by atoms with E-state index in [4.69, 9.17) is 5.11 Å². The van der Waals surface area contributed by atoms with Crippen molar-refractivity contribution in [3.63, 3.8) is 0 Å². The number of carboxylic acid groups (broad SMARTS) is 1. The molecule has 2 heterocycles. The number of carbonyl (C=O) groups excluding carboxylic acids is 1. The van der Waals surface area contributed by atoms with Crippen molar-refractivity contribution in [2.45, 2.75) is 6.92 Å². The van der Waals surface area contributed by atoms with Gasteiger partial charge in [0.15, 0.2) is 5.13 Å². The van der Waals surface area contributed by atoms with E-state index in [1.54, 1.807) is 0 Å². The van der Waals surface area contributed by atoms with E-state index >= 15 is 0 Å². The minimum atomic E-state index is -1.17. The highest BCUT2D eigenvalue weighted by atomic mass is 32.1. The Bertz CT molecular complexity index is 609. The first-order valence-electron chi connectivity index (χ1n) is 4.99. The first-order chi connectivity index (χ1) is 8.56. The summed E-state index contributed by atoms with van der Waals surface area (Å²) in [4.78, 5) is 30.3. The van der Waals surface area contributed by atoms with E-state index in [0.717, 1.165) is 5.69 Å². The van der Waals surface area contributed by atoms with Gasteiger partial charge in [-0.1, -0.05) is 0 Å². The lowest BCUT2D eigenvalue weighted by atomic mass is 10.2.